The molecule has 1 aliphatic carbocycles. The van der Waals surface area contributed by atoms with Crippen molar-refractivity contribution in [1.29, 1.82) is 0 Å². The molecule has 6 rings (SSSR count). The van der Waals surface area contributed by atoms with Crippen LogP contribution in [0.5, 0.6) is 0 Å². The van der Waals surface area contributed by atoms with Gasteiger partial charge in [0.25, 0.3) is 0 Å². The summed E-state index contributed by atoms with van der Waals surface area (Å²) >= 11 is 0. The van der Waals surface area contributed by atoms with Gasteiger partial charge in [0.15, 0.2) is 5.65 Å². The molecular formula is C26H25FN6. The fourth-order valence-corrected chi connectivity index (χ4v) is 5.73. The topological polar surface area (TPSA) is 80.8 Å². The molecule has 2 fully saturated rings. The number of pyridine rings is 2. The van der Waals surface area contributed by atoms with Gasteiger partial charge in [-0.1, -0.05) is 18.2 Å². The number of anilines is 1. The number of hydrogen-bond acceptors (Lipinski definition) is 6. The molecule has 3 atom stereocenters. The molecule has 1 saturated carbocycles. The van der Waals surface area contributed by atoms with E-state index in [1.54, 1.807) is 24.5 Å². The average molecular weight is 441 g/mol. The number of aromatic nitrogens is 4. The minimum Gasteiger partial charge on any atom is -0.355 e. The molecule has 0 spiro atoms. The van der Waals surface area contributed by atoms with Gasteiger partial charge in [-0.3, -0.25) is 4.98 Å². The summed E-state index contributed by atoms with van der Waals surface area (Å²) in [4.78, 5) is 20.5. The third-order valence-electron chi connectivity index (χ3n) is 7.45. The van der Waals surface area contributed by atoms with Crippen LogP contribution in [0.4, 0.5) is 10.2 Å². The molecule has 7 heteroatoms. The number of nitrogens with two attached hydrogens (primary N) is 1. The van der Waals surface area contributed by atoms with Crippen LogP contribution in [0.2, 0.25) is 0 Å². The molecule has 3 aromatic heterocycles. The van der Waals surface area contributed by atoms with E-state index in [0.717, 1.165) is 54.1 Å². The van der Waals surface area contributed by atoms with E-state index in [2.05, 4.69) is 14.9 Å². The van der Waals surface area contributed by atoms with E-state index >= 15 is 0 Å². The molecule has 166 valence electrons. The van der Waals surface area contributed by atoms with Crippen molar-refractivity contribution in [3.8, 4) is 0 Å². The van der Waals surface area contributed by atoms with Crippen LogP contribution in [-0.4, -0.2) is 39.6 Å². The Hall–Kier alpha value is -3.45. The lowest BCUT2D eigenvalue weighted by Gasteiger charge is -2.27. The molecule has 0 amide bonds. The Kier molecular flexibility index (Phi) is 4.80. The normalized spacial score (nSPS) is 24.0. The third-order valence-corrected chi connectivity index (χ3v) is 7.45. The molecule has 1 saturated heterocycles. The van der Waals surface area contributed by atoms with Crippen LogP contribution in [0, 0.1) is 17.7 Å². The number of rotatable bonds is 5. The van der Waals surface area contributed by atoms with Crippen molar-refractivity contribution >= 4 is 17.0 Å². The Morgan fingerprint density at radius 2 is 1.88 bits per heavy atom. The zero-order chi connectivity index (χ0) is 22.4. The van der Waals surface area contributed by atoms with Gasteiger partial charge in [0.05, 0.1) is 6.20 Å². The first-order valence-electron chi connectivity index (χ1n) is 11.4. The van der Waals surface area contributed by atoms with E-state index < -0.39 is 0 Å². The molecule has 2 N–H and O–H groups in total. The highest BCUT2D eigenvalue weighted by Gasteiger charge is 2.66. The summed E-state index contributed by atoms with van der Waals surface area (Å²) in [5, 5.41) is 0. The molecule has 4 aromatic rings. The first-order valence-corrected chi connectivity index (χ1v) is 11.4. The van der Waals surface area contributed by atoms with Crippen LogP contribution in [0.1, 0.15) is 23.2 Å². The second-order valence-electron chi connectivity index (χ2n) is 9.08. The van der Waals surface area contributed by atoms with E-state index in [9.17, 15) is 4.39 Å². The van der Waals surface area contributed by atoms with Crippen LogP contribution < -0.4 is 10.6 Å². The quantitative estimate of drug-likeness (QED) is 0.512. The molecule has 4 heterocycles. The summed E-state index contributed by atoms with van der Waals surface area (Å²) in [5.41, 5.74) is 10.3. The Bertz CT molecular complexity index is 1310. The summed E-state index contributed by atoms with van der Waals surface area (Å²) in [6.45, 7) is 2.14. The number of nitrogens with zero attached hydrogens (tertiary/aromatic N) is 5. The number of piperidine rings is 1. The van der Waals surface area contributed by atoms with E-state index in [4.69, 9.17) is 15.7 Å². The van der Waals surface area contributed by atoms with E-state index in [-0.39, 0.29) is 11.2 Å². The number of benzene rings is 1. The predicted octanol–water partition coefficient (Wildman–Crippen LogP) is 3.50. The second kappa shape index (κ2) is 7.85. The van der Waals surface area contributed by atoms with Gasteiger partial charge in [-0.2, -0.15) is 0 Å². The lowest BCUT2D eigenvalue weighted by atomic mass is 9.91. The minimum atomic E-state index is -0.270. The first kappa shape index (κ1) is 20.2. The van der Waals surface area contributed by atoms with Crippen molar-refractivity contribution in [3.05, 3.63) is 89.8 Å². The van der Waals surface area contributed by atoms with Crippen molar-refractivity contribution in [3.63, 3.8) is 0 Å². The third kappa shape index (κ3) is 3.35. The van der Waals surface area contributed by atoms with Gasteiger partial charge in [0.2, 0.25) is 0 Å². The zero-order valence-electron chi connectivity index (χ0n) is 18.2. The van der Waals surface area contributed by atoms with Gasteiger partial charge in [-0.05, 0) is 59.7 Å². The Morgan fingerprint density at radius 3 is 2.70 bits per heavy atom. The fourth-order valence-electron chi connectivity index (χ4n) is 5.73. The van der Waals surface area contributed by atoms with Crippen LogP contribution in [0.3, 0.4) is 0 Å². The SMILES string of the molecule is NC[C@]1(c2ccccc2F)C2CCN(c3cnc4nc(Cc5ccncc5)ccc4n3)CC21. The molecule has 33 heavy (non-hydrogen) atoms. The van der Waals surface area contributed by atoms with Gasteiger partial charge in [0.1, 0.15) is 17.2 Å². The van der Waals surface area contributed by atoms with Crippen molar-refractivity contribution < 1.29 is 4.39 Å². The van der Waals surface area contributed by atoms with Crippen LogP contribution in [0.25, 0.3) is 11.2 Å². The van der Waals surface area contributed by atoms with Gasteiger partial charge in [0, 0.05) is 49.6 Å². The number of halogens is 1. The van der Waals surface area contributed by atoms with Crippen molar-refractivity contribution in [2.24, 2.45) is 17.6 Å². The van der Waals surface area contributed by atoms with Crippen LogP contribution in [0.15, 0.2) is 67.1 Å². The summed E-state index contributed by atoms with van der Waals surface area (Å²) in [6, 6.07) is 15.1. The maximum absolute atomic E-state index is 14.6. The highest BCUT2D eigenvalue weighted by molar-refractivity contribution is 5.71. The standard InChI is InChI=1S/C26H25FN6/c27-22-4-2-1-3-20(22)26(16-28)19-9-12-33(15-21(19)26)24-14-30-25-23(32-24)6-5-18(31-25)13-17-7-10-29-11-8-17/h1-8,10-11,14,19,21H,9,12-13,15-16,28H2/t19?,21?,26-/m1/s1. The lowest BCUT2D eigenvalue weighted by Crippen LogP contribution is -2.32. The Labute approximate surface area is 191 Å². The largest absolute Gasteiger partial charge is 0.355 e. The second-order valence-corrected chi connectivity index (χ2v) is 9.08. The first-order chi connectivity index (χ1) is 16.2. The summed E-state index contributed by atoms with van der Waals surface area (Å²) in [6.07, 6.45) is 7.09. The van der Waals surface area contributed by atoms with Crippen molar-refractivity contribution in [2.75, 3.05) is 24.5 Å². The molecule has 0 bridgehead atoms. The van der Waals surface area contributed by atoms with Crippen molar-refractivity contribution in [1.82, 2.24) is 19.9 Å². The predicted molar refractivity (Wildman–Crippen MR) is 125 cm³/mol. The Morgan fingerprint density at radius 1 is 1.03 bits per heavy atom. The van der Waals surface area contributed by atoms with E-state index in [0.29, 0.717) is 24.0 Å². The van der Waals surface area contributed by atoms with Crippen LogP contribution in [-0.2, 0) is 11.8 Å². The summed E-state index contributed by atoms with van der Waals surface area (Å²) in [7, 11) is 0. The highest BCUT2D eigenvalue weighted by atomic mass is 19.1. The monoisotopic (exact) mass is 440 g/mol. The van der Waals surface area contributed by atoms with Gasteiger partial charge < -0.3 is 10.6 Å². The summed E-state index contributed by atoms with van der Waals surface area (Å²) in [5.74, 6) is 1.44. The minimum absolute atomic E-state index is 0.150. The van der Waals surface area contributed by atoms with Gasteiger partial charge >= 0.3 is 0 Å². The molecule has 1 aromatic carbocycles. The molecular weight excluding hydrogens is 415 g/mol. The highest BCUT2D eigenvalue weighted by Crippen LogP contribution is 2.63. The smallest absolute Gasteiger partial charge is 0.178 e. The van der Waals surface area contributed by atoms with Crippen LogP contribution >= 0.6 is 0 Å². The van der Waals surface area contributed by atoms with Gasteiger partial charge in [-0.15, -0.1) is 0 Å². The lowest BCUT2D eigenvalue weighted by molar-refractivity contribution is 0.533. The molecule has 6 nitrogen and oxygen atoms in total. The van der Waals surface area contributed by atoms with Crippen molar-refractivity contribution in [2.45, 2.75) is 18.3 Å². The molecule has 2 unspecified atom stereocenters. The number of hydrogen-bond donors (Lipinski definition) is 1. The van der Waals surface area contributed by atoms with E-state index in [1.165, 1.54) is 0 Å². The molecule has 0 radical (unpaired) electrons. The maximum atomic E-state index is 14.6. The molecule has 1 aliphatic heterocycles. The molecule has 2 aliphatic rings. The average Bonchev–Trinajstić information content (AvgIpc) is 3.52. The van der Waals surface area contributed by atoms with Gasteiger partial charge in [-0.25, -0.2) is 19.3 Å². The maximum Gasteiger partial charge on any atom is 0.178 e. The number of fused-ring (bicyclic) bond motifs is 2. The zero-order valence-corrected chi connectivity index (χ0v) is 18.2. The Balaban J connectivity index is 1.23. The fraction of sp³-hybridized carbons (Fsp3) is 0.308. The summed E-state index contributed by atoms with van der Waals surface area (Å²) < 4.78 is 14.6. The van der Waals surface area contributed by atoms with E-state index in [1.807, 2.05) is 42.6 Å².